The predicted octanol–water partition coefficient (Wildman–Crippen LogP) is 2.75. The van der Waals surface area contributed by atoms with E-state index in [0.717, 1.165) is 48.9 Å². The van der Waals surface area contributed by atoms with Crippen molar-refractivity contribution in [3.63, 3.8) is 0 Å². The minimum absolute atomic E-state index is 0.0347. The van der Waals surface area contributed by atoms with Gasteiger partial charge in [0.2, 0.25) is 5.91 Å². The zero-order valence-electron chi connectivity index (χ0n) is 16.9. The van der Waals surface area contributed by atoms with Gasteiger partial charge in [-0.1, -0.05) is 0 Å². The molecule has 1 aliphatic heterocycles. The average molecular weight is 414 g/mol. The average Bonchev–Trinajstić information content (AvgIpc) is 3.24. The van der Waals surface area contributed by atoms with Crippen LogP contribution in [0.5, 0.6) is 5.75 Å². The van der Waals surface area contributed by atoms with Gasteiger partial charge in [-0.05, 0) is 49.4 Å². The minimum Gasteiger partial charge on any atom is -0.488 e. The quantitative estimate of drug-likeness (QED) is 0.665. The number of amides is 1. The second-order valence-electron chi connectivity index (χ2n) is 8.75. The fraction of sp³-hybridized carbons (Fsp3) is 0.391. The molecule has 3 aromatic rings. The molecule has 0 spiro atoms. The second kappa shape index (κ2) is 7.06. The molecule has 8 nitrogen and oxygen atoms in total. The van der Waals surface area contributed by atoms with E-state index < -0.39 is 0 Å². The first-order valence-electron chi connectivity index (χ1n) is 10.8. The Morgan fingerprint density at radius 3 is 2.94 bits per heavy atom. The molecule has 4 heterocycles. The Hall–Kier alpha value is -3.44. The summed E-state index contributed by atoms with van der Waals surface area (Å²) in [7, 11) is 0. The molecular formula is C23H22N6O2. The van der Waals surface area contributed by atoms with E-state index >= 15 is 0 Å². The van der Waals surface area contributed by atoms with E-state index in [0.29, 0.717) is 29.2 Å². The smallest absolute Gasteiger partial charge is 0.228 e. The number of nitrogens with zero attached hydrogens (tertiary/aromatic N) is 4. The molecule has 31 heavy (non-hydrogen) atoms. The van der Waals surface area contributed by atoms with Crippen LogP contribution in [0.1, 0.15) is 31.4 Å². The maximum absolute atomic E-state index is 12.1. The molecule has 1 saturated heterocycles. The molecule has 0 unspecified atom stereocenters. The number of hydrogen-bond acceptors (Lipinski definition) is 6. The first-order chi connectivity index (χ1) is 15.2. The van der Waals surface area contributed by atoms with Crippen LogP contribution in [0, 0.1) is 23.2 Å². The standard InChI is InChI=1S/C23H22N6O2/c24-10-17-7-19(21(12-26-17)31-20-8-16-5-15(20)11-25-16)14-3-4-29-18(6-14)9-22(28-29)27-23(30)13-1-2-13/h3-4,6-7,9,12-13,15-16,20,25H,1-2,5,8,11H2,(H,27,28,30)/t15-,16-,20-/m1/s1. The van der Waals surface area contributed by atoms with E-state index in [1.54, 1.807) is 16.8 Å². The molecular weight excluding hydrogens is 392 g/mol. The Kier molecular flexibility index (Phi) is 4.18. The third-order valence-electron chi connectivity index (χ3n) is 6.53. The molecule has 3 aliphatic rings. The van der Waals surface area contributed by atoms with E-state index in [2.05, 4.69) is 26.8 Å². The molecule has 2 bridgehead atoms. The number of ether oxygens (including phenoxy) is 1. The Morgan fingerprint density at radius 1 is 1.29 bits per heavy atom. The molecule has 8 heteroatoms. The molecule has 0 radical (unpaired) electrons. The number of carbonyl (C=O) groups excluding carboxylic acids is 1. The van der Waals surface area contributed by atoms with Crippen LogP contribution in [0.3, 0.4) is 0 Å². The van der Waals surface area contributed by atoms with Crippen LogP contribution >= 0.6 is 0 Å². The van der Waals surface area contributed by atoms with Gasteiger partial charge in [-0.25, -0.2) is 9.50 Å². The number of piperidine rings is 1. The monoisotopic (exact) mass is 414 g/mol. The minimum atomic E-state index is 0.0347. The van der Waals surface area contributed by atoms with E-state index in [-0.39, 0.29) is 17.9 Å². The number of hydrogen-bond donors (Lipinski definition) is 2. The Morgan fingerprint density at radius 2 is 2.19 bits per heavy atom. The Balaban J connectivity index is 1.33. The van der Waals surface area contributed by atoms with Gasteiger partial charge in [0.05, 0.1) is 11.7 Å². The van der Waals surface area contributed by atoms with Gasteiger partial charge in [-0.15, -0.1) is 0 Å². The van der Waals surface area contributed by atoms with Gasteiger partial charge in [-0.2, -0.15) is 10.4 Å². The summed E-state index contributed by atoms with van der Waals surface area (Å²) in [5.74, 6) is 1.92. The normalized spacial score (nSPS) is 24.3. The first kappa shape index (κ1) is 18.3. The molecule has 6 rings (SSSR count). The van der Waals surface area contributed by atoms with Gasteiger partial charge >= 0.3 is 0 Å². The van der Waals surface area contributed by atoms with Gasteiger partial charge in [0.1, 0.15) is 23.6 Å². The molecule has 2 N–H and O–H groups in total. The topological polar surface area (TPSA) is 104 Å². The zero-order valence-corrected chi connectivity index (χ0v) is 16.9. The number of fused-ring (bicyclic) bond motifs is 3. The molecule has 3 fully saturated rings. The third kappa shape index (κ3) is 3.41. The van der Waals surface area contributed by atoms with E-state index in [1.165, 1.54) is 0 Å². The van der Waals surface area contributed by atoms with Gasteiger partial charge < -0.3 is 15.4 Å². The van der Waals surface area contributed by atoms with Crippen LogP contribution < -0.4 is 15.4 Å². The summed E-state index contributed by atoms with van der Waals surface area (Å²) in [4.78, 5) is 16.3. The molecule has 0 aromatic carbocycles. The number of rotatable bonds is 5. The van der Waals surface area contributed by atoms with E-state index in [4.69, 9.17) is 4.74 Å². The lowest BCUT2D eigenvalue weighted by Crippen LogP contribution is -2.35. The van der Waals surface area contributed by atoms with Crippen LogP contribution in [-0.4, -0.2) is 39.2 Å². The highest BCUT2D eigenvalue weighted by Crippen LogP contribution is 2.38. The van der Waals surface area contributed by atoms with Crippen molar-refractivity contribution in [3.8, 4) is 22.9 Å². The number of carbonyl (C=O) groups is 1. The maximum Gasteiger partial charge on any atom is 0.228 e. The Labute approximate surface area is 179 Å². The summed E-state index contributed by atoms with van der Waals surface area (Å²) in [6.45, 7) is 0.992. The number of aromatic nitrogens is 3. The van der Waals surface area contributed by atoms with Crippen molar-refractivity contribution in [3.05, 3.63) is 42.4 Å². The number of anilines is 1. The summed E-state index contributed by atoms with van der Waals surface area (Å²) in [5.41, 5.74) is 2.97. The highest BCUT2D eigenvalue weighted by molar-refractivity contribution is 5.93. The summed E-state index contributed by atoms with van der Waals surface area (Å²) >= 11 is 0. The van der Waals surface area contributed by atoms with Crippen molar-refractivity contribution < 1.29 is 9.53 Å². The number of pyridine rings is 2. The summed E-state index contributed by atoms with van der Waals surface area (Å²) in [6, 6.07) is 10.2. The first-order valence-corrected chi connectivity index (χ1v) is 10.8. The highest BCUT2D eigenvalue weighted by atomic mass is 16.5. The van der Waals surface area contributed by atoms with Crippen molar-refractivity contribution in [2.75, 3.05) is 11.9 Å². The van der Waals surface area contributed by atoms with Gasteiger partial charge in [0.25, 0.3) is 0 Å². The van der Waals surface area contributed by atoms with E-state index in [1.807, 2.05) is 24.4 Å². The van der Waals surface area contributed by atoms with Crippen molar-refractivity contribution in [1.29, 1.82) is 5.26 Å². The molecule has 3 atom stereocenters. The summed E-state index contributed by atoms with van der Waals surface area (Å²) in [6.07, 6.45) is 7.74. The SMILES string of the molecule is N#Cc1cc(-c2ccn3nc(NC(=O)C4CC4)cc3c2)c(O[C@@H]2C[C@H]3C[C@@H]2CN3)cn1. The van der Waals surface area contributed by atoms with Crippen molar-refractivity contribution in [2.24, 2.45) is 11.8 Å². The lowest BCUT2D eigenvalue weighted by Gasteiger charge is -2.24. The fourth-order valence-corrected chi connectivity index (χ4v) is 4.71. The van der Waals surface area contributed by atoms with Crippen LogP contribution in [0.25, 0.3) is 16.6 Å². The lowest BCUT2D eigenvalue weighted by molar-refractivity contribution is -0.117. The molecule has 3 aromatic heterocycles. The molecule has 1 amide bonds. The van der Waals surface area contributed by atoms with Crippen molar-refractivity contribution in [1.82, 2.24) is 19.9 Å². The van der Waals surface area contributed by atoms with Crippen molar-refractivity contribution >= 4 is 17.2 Å². The fourth-order valence-electron chi connectivity index (χ4n) is 4.71. The largest absolute Gasteiger partial charge is 0.488 e. The lowest BCUT2D eigenvalue weighted by atomic mass is 10.0. The van der Waals surface area contributed by atoms with Gasteiger partial charge in [0.15, 0.2) is 5.82 Å². The van der Waals surface area contributed by atoms with Crippen molar-refractivity contribution in [2.45, 2.75) is 37.8 Å². The maximum atomic E-state index is 12.1. The highest BCUT2D eigenvalue weighted by Gasteiger charge is 2.41. The number of nitriles is 1. The molecule has 2 aliphatic carbocycles. The van der Waals surface area contributed by atoms with Gasteiger partial charge in [0, 0.05) is 42.2 Å². The summed E-state index contributed by atoms with van der Waals surface area (Å²) < 4.78 is 8.14. The van der Waals surface area contributed by atoms with Crippen LogP contribution in [0.15, 0.2) is 36.7 Å². The van der Waals surface area contributed by atoms with Crippen LogP contribution in [0.4, 0.5) is 5.82 Å². The van der Waals surface area contributed by atoms with E-state index in [9.17, 15) is 10.1 Å². The third-order valence-corrected chi connectivity index (χ3v) is 6.53. The molecule has 2 saturated carbocycles. The second-order valence-corrected chi connectivity index (χ2v) is 8.75. The van der Waals surface area contributed by atoms with Gasteiger partial charge in [-0.3, -0.25) is 4.79 Å². The number of nitrogens with one attached hydrogen (secondary N) is 2. The zero-order chi connectivity index (χ0) is 20.9. The predicted molar refractivity (Wildman–Crippen MR) is 113 cm³/mol. The van der Waals surface area contributed by atoms with Crippen LogP contribution in [-0.2, 0) is 4.79 Å². The summed E-state index contributed by atoms with van der Waals surface area (Å²) in [5, 5.41) is 20.2. The molecule has 156 valence electrons. The Bertz CT molecular complexity index is 1220. The van der Waals surface area contributed by atoms with Crippen LogP contribution in [0.2, 0.25) is 0 Å².